The third-order valence-corrected chi connectivity index (χ3v) is 8.05. The summed E-state index contributed by atoms with van der Waals surface area (Å²) in [6.07, 6.45) is 11.3. The van der Waals surface area contributed by atoms with Crippen LogP contribution in [0.2, 0.25) is 0 Å². The number of amides is 1. The van der Waals surface area contributed by atoms with Gasteiger partial charge in [0.1, 0.15) is 5.82 Å². The first kappa shape index (κ1) is 24.0. The second-order valence-electron chi connectivity index (χ2n) is 7.76. The van der Waals surface area contributed by atoms with Crippen molar-refractivity contribution in [2.75, 3.05) is 11.9 Å². The SMILES string of the molecule is CC(=O)Nc1ncc(S(=O)(=O)NCC2=CCCC=C2c2cncn2CCc2ccc(F)cc2)s1. The summed E-state index contributed by atoms with van der Waals surface area (Å²) >= 11 is 0.896. The van der Waals surface area contributed by atoms with E-state index in [2.05, 4.69) is 26.1 Å². The summed E-state index contributed by atoms with van der Waals surface area (Å²) in [6.45, 7) is 2.11. The van der Waals surface area contributed by atoms with Crippen LogP contribution in [0.3, 0.4) is 0 Å². The van der Waals surface area contributed by atoms with E-state index in [4.69, 9.17) is 0 Å². The summed E-state index contributed by atoms with van der Waals surface area (Å²) in [4.78, 5) is 19.4. The molecule has 0 radical (unpaired) electrons. The molecule has 0 aliphatic heterocycles. The number of benzene rings is 1. The first-order chi connectivity index (χ1) is 16.3. The third-order valence-electron chi connectivity index (χ3n) is 5.28. The molecule has 2 aromatic heterocycles. The highest BCUT2D eigenvalue weighted by molar-refractivity contribution is 7.91. The molecule has 0 fully saturated rings. The molecule has 1 amide bonds. The van der Waals surface area contributed by atoms with E-state index >= 15 is 0 Å². The van der Waals surface area contributed by atoms with Gasteiger partial charge in [0.15, 0.2) is 9.34 Å². The summed E-state index contributed by atoms with van der Waals surface area (Å²) in [6, 6.07) is 6.43. The molecule has 1 aliphatic rings. The lowest BCUT2D eigenvalue weighted by Crippen LogP contribution is -2.26. The number of nitrogens with one attached hydrogen (secondary N) is 2. The minimum absolute atomic E-state index is 0.0301. The van der Waals surface area contributed by atoms with Gasteiger partial charge in [-0.15, -0.1) is 0 Å². The molecule has 1 aliphatic carbocycles. The van der Waals surface area contributed by atoms with E-state index in [-0.39, 0.29) is 27.6 Å². The fourth-order valence-corrected chi connectivity index (χ4v) is 5.75. The summed E-state index contributed by atoms with van der Waals surface area (Å²) in [7, 11) is -3.79. The standard InChI is InChI=1S/C23H24FN5O3S2/c1-16(30)28-23-26-14-22(33-23)34(31,32)27-12-18-4-2-3-5-20(18)21-13-25-15-29(21)11-10-17-6-8-19(24)9-7-17/h4-9,13-15,27H,2-3,10-12H2,1H3,(H,26,28,30). The lowest BCUT2D eigenvalue weighted by atomic mass is 9.95. The van der Waals surface area contributed by atoms with Crippen LogP contribution in [0.5, 0.6) is 0 Å². The molecular weight excluding hydrogens is 477 g/mol. The normalized spacial score (nSPS) is 13.9. The minimum atomic E-state index is -3.79. The second-order valence-corrected chi connectivity index (χ2v) is 10.8. The van der Waals surface area contributed by atoms with Crippen LogP contribution < -0.4 is 10.0 Å². The molecule has 2 heterocycles. The number of halogens is 1. The van der Waals surface area contributed by atoms with Gasteiger partial charge in [0.2, 0.25) is 5.91 Å². The first-order valence-electron chi connectivity index (χ1n) is 10.7. The Morgan fingerprint density at radius 3 is 2.71 bits per heavy atom. The van der Waals surface area contributed by atoms with Gasteiger partial charge >= 0.3 is 0 Å². The number of carbonyl (C=O) groups is 1. The number of anilines is 1. The van der Waals surface area contributed by atoms with Gasteiger partial charge in [-0.3, -0.25) is 4.79 Å². The summed E-state index contributed by atoms with van der Waals surface area (Å²) in [5, 5.41) is 2.72. The van der Waals surface area contributed by atoms with E-state index in [1.807, 2.05) is 10.6 Å². The van der Waals surface area contributed by atoms with Crippen LogP contribution >= 0.6 is 11.3 Å². The molecule has 2 N–H and O–H groups in total. The van der Waals surface area contributed by atoms with Crippen LogP contribution in [-0.4, -0.2) is 35.4 Å². The zero-order valence-electron chi connectivity index (χ0n) is 18.5. The molecule has 34 heavy (non-hydrogen) atoms. The van der Waals surface area contributed by atoms with Crippen LogP contribution in [0, 0.1) is 5.82 Å². The van der Waals surface area contributed by atoms with Crippen molar-refractivity contribution in [3.05, 3.63) is 77.8 Å². The van der Waals surface area contributed by atoms with Crippen molar-refractivity contribution < 1.29 is 17.6 Å². The fourth-order valence-electron chi connectivity index (χ4n) is 3.62. The van der Waals surface area contributed by atoms with Gasteiger partial charge < -0.3 is 9.88 Å². The number of aryl methyl sites for hydroxylation is 2. The molecule has 0 bridgehead atoms. The van der Waals surface area contributed by atoms with E-state index < -0.39 is 10.0 Å². The predicted octanol–water partition coefficient (Wildman–Crippen LogP) is 3.76. The fraction of sp³-hybridized carbons (Fsp3) is 0.261. The van der Waals surface area contributed by atoms with Crippen LogP contribution in [0.4, 0.5) is 9.52 Å². The van der Waals surface area contributed by atoms with Crippen molar-refractivity contribution >= 4 is 38.0 Å². The van der Waals surface area contributed by atoms with Crippen molar-refractivity contribution in [2.45, 2.75) is 36.9 Å². The van der Waals surface area contributed by atoms with Crippen molar-refractivity contribution in [3.63, 3.8) is 0 Å². The number of hydrogen-bond acceptors (Lipinski definition) is 6. The van der Waals surface area contributed by atoms with E-state index in [1.165, 1.54) is 25.3 Å². The lowest BCUT2D eigenvalue weighted by molar-refractivity contribution is -0.114. The molecule has 0 atom stereocenters. The van der Waals surface area contributed by atoms with E-state index in [9.17, 15) is 17.6 Å². The maximum Gasteiger partial charge on any atom is 0.252 e. The first-order valence-corrected chi connectivity index (χ1v) is 13.0. The van der Waals surface area contributed by atoms with Gasteiger partial charge in [0, 0.05) is 20.0 Å². The molecule has 0 spiro atoms. The highest BCUT2D eigenvalue weighted by Gasteiger charge is 2.21. The van der Waals surface area contributed by atoms with Crippen LogP contribution in [0.15, 0.2) is 64.9 Å². The average Bonchev–Trinajstić information content (AvgIpc) is 3.47. The Morgan fingerprint density at radius 1 is 1.18 bits per heavy atom. The molecular formula is C23H24FN5O3S2. The Bertz CT molecular complexity index is 1340. The largest absolute Gasteiger partial charge is 0.330 e. The molecule has 11 heteroatoms. The van der Waals surface area contributed by atoms with Crippen molar-refractivity contribution in [3.8, 4) is 0 Å². The van der Waals surface area contributed by atoms with Crippen LogP contribution in [0.1, 0.15) is 31.0 Å². The Hall–Kier alpha value is -3.15. The number of sulfonamides is 1. The number of hydrogen-bond donors (Lipinski definition) is 2. The monoisotopic (exact) mass is 501 g/mol. The molecule has 0 saturated carbocycles. The summed E-state index contributed by atoms with van der Waals surface area (Å²) in [5.74, 6) is -0.578. The van der Waals surface area contributed by atoms with Gasteiger partial charge in [-0.2, -0.15) is 0 Å². The third kappa shape index (κ3) is 5.85. The molecule has 0 saturated heterocycles. The Labute approximate surface area is 201 Å². The van der Waals surface area contributed by atoms with Crippen molar-refractivity contribution in [2.24, 2.45) is 0 Å². The smallest absolute Gasteiger partial charge is 0.252 e. The number of rotatable bonds is 9. The van der Waals surface area contributed by atoms with Crippen molar-refractivity contribution in [1.29, 1.82) is 0 Å². The highest BCUT2D eigenvalue weighted by atomic mass is 32.2. The second kappa shape index (κ2) is 10.4. The van der Waals surface area contributed by atoms with Crippen LogP contribution in [0.25, 0.3) is 5.57 Å². The number of carbonyl (C=O) groups excluding carboxylic acids is 1. The van der Waals surface area contributed by atoms with Crippen LogP contribution in [-0.2, 0) is 27.8 Å². The Kier molecular flexibility index (Phi) is 7.35. The molecule has 1 aromatic carbocycles. The van der Waals surface area contributed by atoms with Gasteiger partial charge in [0.25, 0.3) is 10.0 Å². The maximum atomic E-state index is 13.2. The lowest BCUT2D eigenvalue weighted by Gasteiger charge is -2.18. The Morgan fingerprint density at radius 2 is 1.94 bits per heavy atom. The number of aromatic nitrogens is 3. The number of allylic oxidation sites excluding steroid dienone is 2. The maximum absolute atomic E-state index is 13.2. The topological polar surface area (TPSA) is 106 Å². The summed E-state index contributed by atoms with van der Waals surface area (Å²) < 4.78 is 43.4. The number of nitrogens with zero attached hydrogens (tertiary/aromatic N) is 3. The molecule has 0 unspecified atom stereocenters. The minimum Gasteiger partial charge on any atom is -0.330 e. The Balaban J connectivity index is 1.45. The zero-order valence-corrected chi connectivity index (χ0v) is 20.1. The predicted molar refractivity (Wildman–Crippen MR) is 129 cm³/mol. The van der Waals surface area contributed by atoms with Crippen molar-refractivity contribution in [1.82, 2.24) is 19.3 Å². The summed E-state index contributed by atoms with van der Waals surface area (Å²) in [5.41, 5.74) is 3.72. The number of thiazole rings is 1. The van der Waals surface area contributed by atoms with Gasteiger partial charge in [-0.25, -0.2) is 27.5 Å². The van der Waals surface area contributed by atoms with E-state index in [0.29, 0.717) is 13.0 Å². The molecule has 8 nitrogen and oxygen atoms in total. The highest BCUT2D eigenvalue weighted by Crippen LogP contribution is 2.29. The van der Waals surface area contributed by atoms with E-state index in [0.717, 1.165) is 46.6 Å². The molecule has 4 rings (SSSR count). The molecule has 178 valence electrons. The van der Waals surface area contributed by atoms with Gasteiger partial charge in [-0.05, 0) is 48.1 Å². The average molecular weight is 502 g/mol. The van der Waals surface area contributed by atoms with Gasteiger partial charge in [0.05, 0.1) is 24.4 Å². The van der Waals surface area contributed by atoms with E-state index in [1.54, 1.807) is 24.7 Å². The number of imidazole rings is 1. The zero-order chi connectivity index (χ0) is 24.1. The quantitative estimate of drug-likeness (QED) is 0.464. The molecule has 3 aromatic rings. The van der Waals surface area contributed by atoms with Gasteiger partial charge in [-0.1, -0.05) is 35.6 Å².